The van der Waals surface area contributed by atoms with Crippen molar-refractivity contribution in [1.82, 2.24) is 16.2 Å². The minimum atomic E-state index is -0.411. The quantitative estimate of drug-likeness (QED) is 0.360. The molecule has 0 spiro atoms. The summed E-state index contributed by atoms with van der Waals surface area (Å²) in [4.78, 5) is 24.2. The van der Waals surface area contributed by atoms with Gasteiger partial charge in [-0.25, -0.2) is 0 Å². The molecular formula is C21H25N3O3S. The summed E-state index contributed by atoms with van der Waals surface area (Å²) in [5.41, 5.74) is 6.40. The van der Waals surface area contributed by atoms with Crippen LogP contribution in [0.15, 0.2) is 54.6 Å². The molecule has 0 aliphatic rings. The van der Waals surface area contributed by atoms with E-state index in [1.807, 2.05) is 30.3 Å². The minimum absolute atomic E-state index is 0.0533. The van der Waals surface area contributed by atoms with Crippen molar-refractivity contribution in [2.75, 3.05) is 0 Å². The summed E-state index contributed by atoms with van der Waals surface area (Å²) < 4.78 is 5.78. The number of nitrogens with one attached hydrogen (secondary N) is 3. The summed E-state index contributed by atoms with van der Waals surface area (Å²) in [6.45, 7) is 2.42. The third-order valence-electron chi connectivity index (χ3n) is 3.92. The average molecular weight is 400 g/mol. The number of carbonyl (C=O) groups excluding carboxylic acids is 2. The third kappa shape index (κ3) is 7.36. The molecule has 148 valence electrons. The number of carbonyl (C=O) groups is 2. The molecule has 0 bridgehead atoms. The molecule has 6 nitrogen and oxygen atoms in total. The van der Waals surface area contributed by atoms with E-state index in [-0.39, 0.29) is 11.0 Å². The molecule has 2 aromatic carbocycles. The SMILES string of the molecule is CCCCCC(=O)NC(=S)NNC(=O)c1ccccc1OCc1ccccc1. The Kier molecular flexibility index (Phi) is 8.94. The van der Waals surface area contributed by atoms with Crippen LogP contribution in [0.3, 0.4) is 0 Å². The Hall–Kier alpha value is -2.93. The first-order chi connectivity index (χ1) is 13.6. The van der Waals surface area contributed by atoms with Gasteiger partial charge in [0.15, 0.2) is 5.11 Å². The van der Waals surface area contributed by atoms with Gasteiger partial charge in [-0.05, 0) is 36.3 Å². The fourth-order valence-corrected chi connectivity index (χ4v) is 2.62. The molecule has 0 fully saturated rings. The number of hydrogen-bond donors (Lipinski definition) is 3. The Bertz CT molecular complexity index is 796. The Morgan fingerprint density at radius 1 is 0.964 bits per heavy atom. The fourth-order valence-electron chi connectivity index (χ4n) is 2.45. The number of ether oxygens (including phenoxy) is 1. The molecule has 0 aromatic heterocycles. The molecule has 0 aliphatic heterocycles. The highest BCUT2D eigenvalue weighted by Gasteiger charge is 2.13. The van der Waals surface area contributed by atoms with E-state index in [0.717, 1.165) is 24.8 Å². The van der Waals surface area contributed by atoms with Crippen molar-refractivity contribution < 1.29 is 14.3 Å². The molecular weight excluding hydrogens is 374 g/mol. The Labute approximate surface area is 170 Å². The van der Waals surface area contributed by atoms with E-state index >= 15 is 0 Å². The number of hydrogen-bond acceptors (Lipinski definition) is 4. The van der Waals surface area contributed by atoms with E-state index in [1.165, 1.54) is 0 Å². The molecule has 0 atom stereocenters. The second kappa shape index (κ2) is 11.7. The maximum atomic E-state index is 12.5. The number of hydrazine groups is 1. The summed E-state index contributed by atoms with van der Waals surface area (Å²) in [6.07, 6.45) is 3.24. The summed E-state index contributed by atoms with van der Waals surface area (Å²) in [6, 6.07) is 16.6. The van der Waals surface area contributed by atoms with Crippen LogP contribution in [-0.2, 0) is 11.4 Å². The standard InChI is InChI=1S/C21H25N3O3S/c1-2-3-5-14-19(25)22-21(28)24-23-20(26)17-12-8-9-13-18(17)27-15-16-10-6-4-7-11-16/h4,6-13H,2-3,5,14-15H2,1H3,(H,23,26)(H2,22,24,25,28). The van der Waals surface area contributed by atoms with Gasteiger partial charge in [0.25, 0.3) is 5.91 Å². The Morgan fingerprint density at radius 2 is 1.68 bits per heavy atom. The molecule has 7 heteroatoms. The van der Waals surface area contributed by atoms with Crippen molar-refractivity contribution in [3.05, 3.63) is 65.7 Å². The lowest BCUT2D eigenvalue weighted by Gasteiger charge is -2.13. The van der Waals surface area contributed by atoms with E-state index in [0.29, 0.717) is 24.3 Å². The van der Waals surface area contributed by atoms with Gasteiger partial charge in [0, 0.05) is 6.42 Å². The van der Waals surface area contributed by atoms with Gasteiger partial charge in [-0.3, -0.25) is 20.4 Å². The number of amides is 2. The van der Waals surface area contributed by atoms with Crippen molar-refractivity contribution >= 4 is 29.1 Å². The molecule has 0 saturated carbocycles. The third-order valence-corrected chi connectivity index (χ3v) is 4.12. The number of para-hydroxylation sites is 1. The second-order valence-corrected chi connectivity index (χ2v) is 6.59. The van der Waals surface area contributed by atoms with Crippen molar-refractivity contribution in [2.24, 2.45) is 0 Å². The van der Waals surface area contributed by atoms with Gasteiger partial charge in [-0.2, -0.15) is 0 Å². The highest BCUT2D eigenvalue weighted by atomic mass is 32.1. The first-order valence-corrected chi connectivity index (χ1v) is 9.67. The van der Waals surface area contributed by atoms with Crippen molar-refractivity contribution in [2.45, 2.75) is 39.2 Å². The molecule has 0 aliphatic carbocycles. The van der Waals surface area contributed by atoms with Crippen molar-refractivity contribution in [1.29, 1.82) is 0 Å². The van der Waals surface area contributed by atoms with Crippen LogP contribution in [0.4, 0.5) is 0 Å². The minimum Gasteiger partial charge on any atom is -0.488 e. The number of unbranched alkanes of at least 4 members (excludes halogenated alkanes) is 2. The zero-order valence-corrected chi connectivity index (χ0v) is 16.7. The summed E-state index contributed by atoms with van der Waals surface area (Å²) >= 11 is 5.04. The van der Waals surface area contributed by atoms with Gasteiger partial charge in [0.05, 0.1) is 5.56 Å². The van der Waals surface area contributed by atoms with E-state index in [9.17, 15) is 9.59 Å². The Balaban J connectivity index is 1.85. The zero-order chi connectivity index (χ0) is 20.2. The van der Waals surface area contributed by atoms with Crippen LogP contribution in [0.2, 0.25) is 0 Å². The predicted octanol–water partition coefficient (Wildman–Crippen LogP) is 3.48. The van der Waals surface area contributed by atoms with Crippen LogP contribution in [0.5, 0.6) is 5.75 Å². The maximum Gasteiger partial charge on any atom is 0.273 e. The van der Waals surface area contributed by atoms with Gasteiger partial charge < -0.3 is 10.1 Å². The zero-order valence-electron chi connectivity index (χ0n) is 15.9. The molecule has 2 rings (SSSR count). The summed E-state index contributed by atoms with van der Waals surface area (Å²) in [5.74, 6) is -0.127. The molecule has 2 amide bonds. The molecule has 0 heterocycles. The first-order valence-electron chi connectivity index (χ1n) is 9.26. The fraction of sp³-hybridized carbons (Fsp3) is 0.286. The Morgan fingerprint density at radius 3 is 2.43 bits per heavy atom. The highest BCUT2D eigenvalue weighted by molar-refractivity contribution is 7.80. The van der Waals surface area contributed by atoms with Crippen molar-refractivity contribution in [3.63, 3.8) is 0 Å². The van der Waals surface area contributed by atoms with Crippen molar-refractivity contribution in [3.8, 4) is 5.75 Å². The van der Waals surface area contributed by atoms with E-state index in [4.69, 9.17) is 17.0 Å². The van der Waals surface area contributed by atoms with Crippen LogP contribution < -0.4 is 20.9 Å². The summed E-state index contributed by atoms with van der Waals surface area (Å²) in [7, 11) is 0. The predicted molar refractivity (Wildman–Crippen MR) is 113 cm³/mol. The van der Waals surface area contributed by atoms with Crippen LogP contribution in [0, 0.1) is 0 Å². The van der Waals surface area contributed by atoms with Crippen LogP contribution in [0.1, 0.15) is 48.5 Å². The molecule has 0 radical (unpaired) electrons. The van der Waals surface area contributed by atoms with Gasteiger partial charge in [0.1, 0.15) is 12.4 Å². The molecule has 28 heavy (non-hydrogen) atoms. The summed E-state index contributed by atoms with van der Waals surface area (Å²) in [5, 5.41) is 2.60. The second-order valence-electron chi connectivity index (χ2n) is 6.18. The lowest BCUT2D eigenvalue weighted by atomic mass is 10.2. The lowest BCUT2D eigenvalue weighted by Crippen LogP contribution is -2.48. The lowest BCUT2D eigenvalue weighted by molar-refractivity contribution is -0.119. The normalized spacial score (nSPS) is 10.0. The van der Waals surface area contributed by atoms with Crippen LogP contribution in [-0.4, -0.2) is 16.9 Å². The van der Waals surface area contributed by atoms with Gasteiger partial charge in [-0.15, -0.1) is 0 Å². The molecule has 0 unspecified atom stereocenters. The number of rotatable bonds is 8. The molecule has 2 aromatic rings. The van der Waals surface area contributed by atoms with E-state index in [1.54, 1.807) is 24.3 Å². The van der Waals surface area contributed by atoms with E-state index in [2.05, 4.69) is 23.1 Å². The highest BCUT2D eigenvalue weighted by Crippen LogP contribution is 2.19. The largest absolute Gasteiger partial charge is 0.488 e. The topological polar surface area (TPSA) is 79.5 Å². The number of benzene rings is 2. The molecule has 0 saturated heterocycles. The van der Waals surface area contributed by atoms with Gasteiger partial charge in [0.2, 0.25) is 5.91 Å². The monoisotopic (exact) mass is 399 g/mol. The average Bonchev–Trinajstić information content (AvgIpc) is 2.71. The van der Waals surface area contributed by atoms with Crippen LogP contribution in [0.25, 0.3) is 0 Å². The maximum absolute atomic E-state index is 12.5. The number of thiocarbonyl (C=S) groups is 1. The van der Waals surface area contributed by atoms with Crippen LogP contribution >= 0.6 is 12.2 Å². The smallest absolute Gasteiger partial charge is 0.273 e. The van der Waals surface area contributed by atoms with Gasteiger partial charge in [-0.1, -0.05) is 62.2 Å². The first kappa shape index (κ1) is 21.4. The van der Waals surface area contributed by atoms with E-state index < -0.39 is 5.91 Å². The van der Waals surface area contributed by atoms with Gasteiger partial charge >= 0.3 is 0 Å². The molecule has 3 N–H and O–H groups in total.